The van der Waals surface area contributed by atoms with E-state index in [0.717, 1.165) is 18.4 Å². The van der Waals surface area contributed by atoms with Gasteiger partial charge in [0.1, 0.15) is 5.75 Å². The van der Waals surface area contributed by atoms with E-state index in [1.54, 1.807) is 12.1 Å². The first-order valence-corrected chi connectivity index (χ1v) is 7.08. The number of ether oxygens (including phenoxy) is 2. The second-order valence-electron chi connectivity index (χ2n) is 5.15. The van der Waals surface area contributed by atoms with E-state index in [2.05, 4.69) is 10.1 Å². The molecule has 0 atom stereocenters. The molecule has 1 aliphatic heterocycles. The summed E-state index contributed by atoms with van der Waals surface area (Å²) in [6, 6.07) is 6.19. The van der Waals surface area contributed by atoms with E-state index in [1.165, 1.54) is 12.1 Å². The molecule has 22 heavy (non-hydrogen) atoms. The van der Waals surface area contributed by atoms with Crippen LogP contribution in [0.5, 0.6) is 5.75 Å². The van der Waals surface area contributed by atoms with Crippen molar-refractivity contribution in [1.29, 1.82) is 0 Å². The molecule has 1 N–H and O–H groups in total. The van der Waals surface area contributed by atoms with Gasteiger partial charge in [-0.2, -0.15) is 13.2 Å². The summed E-state index contributed by atoms with van der Waals surface area (Å²) in [5.41, 5.74) is 0.805. The number of hydrogen-bond acceptors (Lipinski definition) is 3. The normalized spacial score (nSPS) is 16.3. The number of benzene rings is 1. The van der Waals surface area contributed by atoms with Crippen molar-refractivity contribution in [2.24, 2.45) is 5.92 Å². The van der Waals surface area contributed by atoms with Crippen LogP contribution in [0.2, 0.25) is 0 Å². The molecule has 0 saturated carbocycles. The summed E-state index contributed by atoms with van der Waals surface area (Å²) in [7, 11) is 0. The van der Waals surface area contributed by atoms with Crippen molar-refractivity contribution in [2.45, 2.75) is 25.6 Å². The monoisotopic (exact) mass is 317 g/mol. The summed E-state index contributed by atoms with van der Waals surface area (Å²) in [5.74, 6) is 0.112. The number of alkyl halides is 3. The average molecular weight is 317 g/mol. The van der Waals surface area contributed by atoms with E-state index in [-0.39, 0.29) is 17.6 Å². The highest BCUT2D eigenvalue weighted by atomic mass is 19.4. The molecule has 1 aromatic carbocycles. The smallest absolute Gasteiger partial charge is 0.422 e. The first-order valence-electron chi connectivity index (χ1n) is 7.08. The zero-order chi connectivity index (χ0) is 16.0. The molecular formula is C15H18F3NO3. The minimum absolute atomic E-state index is 0.0132. The second kappa shape index (κ2) is 7.49. The summed E-state index contributed by atoms with van der Waals surface area (Å²) in [6.45, 7) is 0.231. The zero-order valence-corrected chi connectivity index (χ0v) is 12.0. The van der Waals surface area contributed by atoms with E-state index in [0.29, 0.717) is 19.8 Å². The highest BCUT2D eigenvalue weighted by Crippen LogP contribution is 2.19. The summed E-state index contributed by atoms with van der Waals surface area (Å²) in [4.78, 5) is 11.9. The van der Waals surface area contributed by atoms with Gasteiger partial charge in [0.2, 0.25) is 5.91 Å². The zero-order valence-electron chi connectivity index (χ0n) is 12.0. The number of carbonyl (C=O) groups is 1. The number of amides is 1. The van der Waals surface area contributed by atoms with Crippen LogP contribution < -0.4 is 10.1 Å². The van der Waals surface area contributed by atoms with Crippen LogP contribution in [-0.2, 0) is 16.1 Å². The molecule has 1 saturated heterocycles. The van der Waals surface area contributed by atoms with Crippen molar-refractivity contribution < 1.29 is 27.4 Å². The Labute approximate surface area is 126 Å². The van der Waals surface area contributed by atoms with Gasteiger partial charge in [-0.25, -0.2) is 0 Å². The van der Waals surface area contributed by atoms with E-state index in [4.69, 9.17) is 4.74 Å². The molecule has 1 aliphatic rings. The predicted molar refractivity (Wildman–Crippen MR) is 73.4 cm³/mol. The summed E-state index contributed by atoms with van der Waals surface area (Å²) in [5, 5.41) is 2.83. The molecule has 1 aromatic rings. The molecule has 0 spiro atoms. The lowest BCUT2D eigenvalue weighted by atomic mass is 9.99. The molecule has 2 rings (SSSR count). The maximum Gasteiger partial charge on any atom is 0.422 e. The maximum absolute atomic E-state index is 12.0. The minimum Gasteiger partial charge on any atom is -0.484 e. The van der Waals surface area contributed by atoms with Gasteiger partial charge < -0.3 is 14.8 Å². The van der Waals surface area contributed by atoms with Gasteiger partial charge >= 0.3 is 6.18 Å². The third-order valence-corrected chi connectivity index (χ3v) is 3.38. The molecule has 1 amide bonds. The Morgan fingerprint density at radius 1 is 1.23 bits per heavy atom. The number of hydrogen-bond donors (Lipinski definition) is 1. The van der Waals surface area contributed by atoms with Crippen molar-refractivity contribution >= 4 is 5.91 Å². The van der Waals surface area contributed by atoms with Crippen LogP contribution in [0, 0.1) is 5.92 Å². The molecule has 0 unspecified atom stereocenters. The number of carbonyl (C=O) groups excluding carboxylic acids is 1. The Bertz CT molecular complexity index is 482. The standard InChI is InChI=1S/C15H18F3NO3/c16-15(17,18)10-22-13-3-1-11(2-4-13)9-19-14(20)12-5-7-21-8-6-12/h1-4,12H,5-10H2,(H,19,20). The van der Waals surface area contributed by atoms with Gasteiger partial charge in [-0.15, -0.1) is 0 Å². The Morgan fingerprint density at radius 3 is 2.45 bits per heavy atom. The lowest BCUT2D eigenvalue weighted by Gasteiger charge is -2.21. The van der Waals surface area contributed by atoms with Gasteiger partial charge in [-0.05, 0) is 30.5 Å². The number of nitrogens with one attached hydrogen (secondary N) is 1. The fourth-order valence-corrected chi connectivity index (χ4v) is 2.16. The average Bonchev–Trinajstić information content (AvgIpc) is 2.52. The fourth-order valence-electron chi connectivity index (χ4n) is 2.16. The molecule has 1 fully saturated rings. The molecule has 0 aliphatic carbocycles. The molecule has 122 valence electrons. The third-order valence-electron chi connectivity index (χ3n) is 3.38. The molecule has 1 heterocycles. The Morgan fingerprint density at radius 2 is 1.86 bits per heavy atom. The van der Waals surface area contributed by atoms with Crippen LogP contribution >= 0.6 is 0 Å². The quantitative estimate of drug-likeness (QED) is 0.908. The van der Waals surface area contributed by atoms with E-state index < -0.39 is 12.8 Å². The number of halogens is 3. The first-order chi connectivity index (χ1) is 10.4. The van der Waals surface area contributed by atoms with Gasteiger partial charge in [0.05, 0.1) is 0 Å². The van der Waals surface area contributed by atoms with Gasteiger partial charge in [-0.3, -0.25) is 4.79 Å². The topological polar surface area (TPSA) is 47.6 Å². The van der Waals surface area contributed by atoms with Crippen molar-refractivity contribution in [3.63, 3.8) is 0 Å². The van der Waals surface area contributed by atoms with Crippen LogP contribution in [0.25, 0.3) is 0 Å². The van der Waals surface area contributed by atoms with Crippen molar-refractivity contribution in [3.8, 4) is 5.75 Å². The van der Waals surface area contributed by atoms with E-state index in [9.17, 15) is 18.0 Å². The lowest BCUT2D eigenvalue weighted by Crippen LogP contribution is -2.33. The lowest BCUT2D eigenvalue weighted by molar-refractivity contribution is -0.153. The van der Waals surface area contributed by atoms with Crippen molar-refractivity contribution in [3.05, 3.63) is 29.8 Å². The Kier molecular flexibility index (Phi) is 5.65. The number of rotatable bonds is 5. The summed E-state index contributed by atoms with van der Waals surface area (Å²) in [6.07, 6.45) is -2.91. The van der Waals surface area contributed by atoms with Gasteiger partial charge in [-0.1, -0.05) is 12.1 Å². The highest BCUT2D eigenvalue weighted by molar-refractivity contribution is 5.78. The van der Waals surface area contributed by atoms with Gasteiger partial charge in [0.25, 0.3) is 0 Å². The van der Waals surface area contributed by atoms with Crippen LogP contribution in [0.1, 0.15) is 18.4 Å². The van der Waals surface area contributed by atoms with Crippen molar-refractivity contribution in [1.82, 2.24) is 5.32 Å². The van der Waals surface area contributed by atoms with Crippen LogP contribution in [-0.4, -0.2) is 31.9 Å². The van der Waals surface area contributed by atoms with Crippen LogP contribution in [0.3, 0.4) is 0 Å². The molecule has 7 heteroatoms. The predicted octanol–water partition coefficient (Wildman–Crippen LogP) is 2.67. The Balaban J connectivity index is 1.77. The van der Waals surface area contributed by atoms with Crippen LogP contribution in [0.15, 0.2) is 24.3 Å². The third kappa shape index (κ3) is 5.55. The maximum atomic E-state index is 12.0. The minimum atomic E-state index is -4.35. The van der Waals surface area contributed by atoms with E-state index >= 15 is 0 Å². The van der Waals surface area contributed by atoms with E-state index in [1.807, 2.05) is 0 Å². The van der Waals surface area contributed by atoms with Gasteiger partial charge in [0.15, 0.2) is 6.61 Å². The molecule has 0 radical (unpaired) electrons. The summed E-state index contributed by atoms with van der Waals surface area (Å²) < 4.78 is 45.9. The molecule has 0 bridgehead atoms. The molecule has 0 aromatic heterocycles. The second-order valence-corrected chi connectivity index (χ2v) is 5.15. The fraction of sp³-hybridized carbons (Fsp3) is 0.533. The summed E-state index contributed by atoms with van der Waals surface area (Å²) >= 11 is 0. The molecular weight excluding hydrogens is 299 g/mol. The van der Waals surface area contributed by atoms with Crippen LogP contribution in [0.4, 0.5) is 13.2 Å². The largest absolute Gasteiger partial charge is 0.484 e. The van der Waals surface area contributed by atoms with Gasteiger partial charge in [0, 0.05) is 25.7 Å². The molecule has 4 nitrogen and oxygen atoms in total. The van der Waals surface area contributed by atoms with Crippen molar-refractivity contribution in [2.75, 3.05) is 19.8 Å². The Hall–Kier alpha value is -1.76. The SMILES string of the molecule is O=C(NCc1ccc(OCC(F)(F)F)cc1)C1CCOCC1. The highest BCUT2D eigenvalue weighted by Gasteiger charge is 2.28. The first kappa shape index (κ1) is 16.6.